The summed E-state index contributed by atoms with van der Waals surface area (Å²) in [5.41, 5.74) is 3.11. The second-order valence-corrected chi connectivity index (χ2v) is 20.4. The number of ether oxygens (including phenoxy) is 6. The Balaban J connectivity index is 1.68. The maximum absolute atomic E-state index is 13.5. The summed E-state index contributed by atoms with van der Waals surface area (Å²) in [6, 6.07) is 22.5. The normalized spacial score (nSPS) is 19.1. The Labute approximate surface area is 322 Å². The SMILES string of the molecule is COCOc1cc(-c2ccccc2)cc(/C=C/C[C@@H]2OC(C)(C)O[C@@H]2C(/C=C\[C@@H](C)[C@H](C)O[Si](C)(C)C(C)(C)C)OC(=O)c2ccccc2)c1C(=O)OC. The highest BCUT2D eigenvalue weighted by atomic mass is 28.4. The molecule has 54 heavy (non-hydrogen) atoms. The van der Waals surface area contributed by atoms with Gasteiger partial charge in [-0.1, -0.05) is 94.5 Å². The van der Waals surface area contributed by atoms with E-state index in [2.05, 4.69) is 47.7 Å². The first-order valence-corrected chi connectivity index (χ1v) is 21.4. The molecule has 1 aliphatic rings. The molecule has 0 aliphatic carbocycles. The first-order chi connectivity index (χ1) is 25.5. The first-order valence-electron chi connectivity index (χ1n) is 18.5. The van der Waals surface area contributed by atoms with E-state index in [9.17, 15) is 9.59 Å². The van der Waals surface area contributed by atoms with E-state index >= 15 is 0 Å². The lowest BCUT2D eigenvalue weighted by Gasteiger charge is -2.39. The zero-order valence-electron chi connectivity index (χ0n) is 33.7. The molecule has 0 N–H and O–H groups in total. The molecule has 0 saturated carbocycles. The lowest BCUT2D eigenvalue weighted by atomic mass is 9.96. The summed E-state index contributed by atoms with van der Waals surface area (Å²) in [5, 5.41) is 0.0682. The minimum Gasteiger partial charge on any atom is -0.467 e. The Morgan fingerprint density at radius 1 is 0.889 bits per heavy atom. The molecule has 1 heterocycles. The predicted molar refractivity (Wildman–Crippen MR) is 215 cm³/mol. The molecule has 0 radical (unpaired) electrons. The Hall–Kier alpha value is -4.06. The van der Waals surface area contributed by atoms with E-state index in [0.29, 0.717) is 23.3 Å². The molecule has 1 aliphatic heterocycles. The number of carbonyl (C=O) groups excluding carboxylic acids is 2. The van der Waals surface area contributed by atoms with Crippen LogP contribution < -0.4 is 4.74 Å². The molecule has 0 amide bonds. The Kier molecular flexibility index (Phi) is 14.6. The van der Waals surface area contributed by atoms with Crippen molar-refractivity contribution in [3.63, 3.8) is 0 Å². The number of benzene rings is 3. The van der Waals surface area contributed by atoms with Gasteiger partial charge in [-0.15, -0.1) is 0 Å². The van der Waals surface area contributed by atoms with Gasteiger partial charge in [-0.25, -0.2) is 9.59 Å². The average Bonchev–Trinajstić information content (AvgIpc) is 3.45. The summed E-state index contributed by atoms with van der Waals surface area (Å²) < 4.78 is 42.0. The summed E-state index contributed by atoms with van der Waals surface area (Å²) in [6.45, 7) is 19.0. The van der Waals surface area contributed by atoms with Gasteiger partial charge >= 0.3 is 11.9 Å². The minimum absolute atomic E-state index is 0.0221. The van der Waals surface area contributed by atoms with Crippen LogP contribution in [0.3, 0.4) is 0 Å². The standard InChI is InChI=1S/C44H58O9Si/c1-30(31(2)53-54(10,11)43(3,4)5)25-26-36(50-41(45)33-21-16-13-17-22-33)40-37(51-44(6,7)52-40)24-18-23-34-27-35(32-19-14-12-15-20-32)28-38(49-29-47-8)39(34)42(46)48-9/h12-23,25-28,30-31,36-37,40H,24,29H2,1-11H3/b23-18+,26-25-/t30-,31+,36?,37+,40-/m1/s1. The van der Waals surface area contributed by atoms with E-state index in [1.165, 1.54) is 14.2 Å². The van der Waals surface area contributed by atoms with Crippen LogP contribution in [0.25, 0.3) is 17.2 Å². The molecule has 1 saturated heterocycles. The van der Waals surface area contributed by atoms with E-state index in [-0.39, 0.29) is 29.4 Å². The Bertz CT molecular complexity index is 1740. The average molecular weight is 759 g/mol. The van der Waals surface area contributed by atoms with Crippen LogP contribution in [0.4, 0.5) is 0 Å². The van der Waals surface area contributed by atoms with Crippen molar-refractivity contribution in [1.82, 2.24) is 0 Å². The third-order valence-electron chi connectivity index (χ3n) is 10.1. The quantitative estimate of drug-likeness (QED) is 0.0612. The fourth-order valence-corrected chi connectivity index (χ4v) is 7.44. The first kappa shape index (κ1) is 42.7. The van der Waals surface area contributed by atoms with Crippen LogP contribution in [-0.2, 0) is 28.1 Å². The van der Waals surface area contributed by atoms with Gasteiger partial charge in [0.25, 0.3) is 0 Å². The number of esters is 2. The van der Waals surface area contributed by atoms with Gasteiger partial charge in [-0.2, -0.15) is 0 Å². The molecule has 292 valence electrons. The molecule has 10 heteroatoms. The number of hydrogen-bond donors (Lipinski definition) is 0. The van der Waals surface area contributed by atoms with Crippen LogP contribution in [0.5, 0.6) is 5.75 Å². The van der Waals surface area contributed by atoms with Crippen LogP contribution >= 0.6 is 0 Å². The third-order valence-corrected chi connectivity index (χ3v) is 14.6. The van der Waals surface area contributed by atoms with E-state index in [1.807, 2.05) is 86.7 Å². The third kappa shape index (κ3) is 11.2. The molecule has 4 rings (SSSR count). The number of hydrogen-bond acceptors (Lipinski definition) is 9. The monoisotopic (exact) mass is 758 g/mol. The summed E-state index contributed by atoms with van der Waals surface area (Å²) >= 11 is 0. The van der Waals surface area contributed by atoms with Gasteiger partial charge in [0.05, 0.1) is 18.8 Å². The van der Waals surface area contributed by atoms with Gasteiger partial charge in [0.2, 0.25) is 0 Å². The zero-order chi connectivity index (χ0) is 39.7. The molecule has 0 bridgehead atoms. The molecule has 9 nitrogen and oxygen atoms in total. The van der Waals surface area contributed by atoms with E-state index < -0.39 is 44.4 Å². The van der Waals surface area contributed by atoms with E-state index in [1.54, 1.807) is 24.3 Å². The van der Waals surface area contributed by atoms with Gasteiger partial charge in [-0.3, -0.25) is 0 Å². The minimum atomic E-state index is -2.02. The van der Waals surface area contributed by atoms with Gasteiger partial charge in [-0.05, 0) is 98.3 Å². The van der Waals surface area contributed by atoms with Gasteiger partial charge < -0.3 is 32.8 Å². The van der Waals surface area contributed by atoms with Crippen LogP contribution in [-0.4, -0.2) is 71.5 Å². The van der Waals surface area contributed by atoms with E-state index in [0.717, 1.165) is 11.1 Å². The Morgan fingerprint density at radius 3 is 2.15 bits per heavy atom. The fourth-order valence-electron chi connectivity index (χ4n) is 5.95. The molecular formula is C44H58O9Si. The summed E-state index contributed by atoms with van der Waals surface area (Å²) in [4.78, 5) is 26.6. The van der Waals surface area contributed by atoms with E-state index in [4.69, 9.17) is 32.8 Å². The second kappa shape index (κ2) is 18.5. The van der Waals surface area contributed by atoms with Crippen molar-refractivity contribution in [2.75, 3.05) is 21.0 Å². The van der Waals surface area contributed by atoms with Crippen LogP contribution in [0.1, 0.15) is 81.2 Å². The van der Waals surface area contributed by atoms with Gasteiger partial charge in [0, 0.05) is 13.2 Å². The van der Waals surface area contributed by atoms with Crippen LogP contribution in [0.15, 0.2) is 91.0 Å². The smallest absolute Gasteiger partial charge is 0.342 e. The highest BCUT2D eigenvalue weighted by Gasteiger charge is 2.46. The molecule has 0 spiro atoms. The molecule has 3 aromatic rings. The van der Waals surface area contributed by atoms with Crippen molar-refractivity contribution in [1.29, 1.82) is 0 Å². The Morgan fingerprint density at radius 2 is 1.54 bits per heavy atom. The highest BCUT2D eigenvalue weighted by Crippen LogP contribution is 2.39. The number of carbonyl (C=O) groups is 2. The van der Waals surface area contributed by atoms with Crippen molar-refractivity contribution >= 4 is 26.3 Å². The van der Waals surface area contributed by atoms with Crippen molar-refractivity contribution < 1.29 is 42.4 Å². The molecule has 1 fully saturated rings. The summed E-state index contributed by atoms with van der Waals surface area (Å²) in [7, 11) is 0.838. The zero-order valence-corrected chi connectivity index (χ0v) is 34.7. The molecular weight excluding hydrogens is 701 g/mol. The second-order valence-electron chi connectivity index (χ2n) is 15.7. The van der Waals surface area contributed by atoms with Gasteiger partial charge in [0.1, 0.15) is 23.5 Å². The largest absolute Gasteiger partial charge is 0.467 e. The number of rotatable bonds is 16. The molecule has 3 aromatic carbocycles. The lowest BCUT2D eigenvalue weighted by Crippen LogP contribution is -2.44. The van der Waals surface area contributed by atoms with Crippen LogP contribution in [0, 0.1) is 5.92 Å². The van der Waals surface area contributed by atoms with Crippen molar-refractivity contribution in [3.8, 4) is 16.9 Å². The van der Waals surface area contributed by atoms with Crippen molar-refractivity contribution in [2.45, 2.75) is 103 Å². The predicted octanol–water partition coefficient (Wildman–Crippen LogP) is 9.87. The molecule has 1 unspecified atom stereocenters. The fraction of sp³-hybridized carbons (Fsp3) is 0.455. The molecule has 0 aromatic heterocycles. The van der Waals surface area contributed by atoms with Crippen molar-refractivity contribution in [2.24, 2.45) is 5.92 Å². The van der Waals surface area contributed by atoms with Crippen molar-refractivity contribution in [3.05, 3.63) is 108 Å². The maximum atomic E-state index is 13.5. The maximum Gasteiger partial charge on any atom is 0.342 e. The summed E-state index contributed by atoms with van der Waals surface area (Å²) in [6.07, 6.45) is 6.12. The van der Waals surface area contributed by atoms with Gasteiger partial charge in [0.15, 0.2) is 20.9 Å². The topological polar surface area (TPSA) is 98.8 Å². The highest BCUT2D eigenvalue weighted by molar-refractivity contribution is 6.74. The molecule has 5 atom stereocenters. The summed E-state index contributed by atoms with van der Waals surface area (Å²) in [5.74, 6) is -1.60. The van der Waals surface area contributed by atoms with Crippen LogP contribution in [0.2, 0.25) is 18.1 Å². The lowest BCUT2D eigenvalue weighted by molar-refractivity contribution is -0.152. The number of methoxy groups -OCH3 is 2.